The summed E-state index contributed by atoms with van der Waals surface area (Å²) in [5, 5.41) is 1.66. The molecule has 0 bridgehead atoms. The van der Waals surface area contributed by atoms with Gasteiger partial charge >= 0.3 is 0 Å². The highest BCUT2D eigenvalue weighted by Gasteiger charge is 2.24. The fourth-order valence-corrected chi connectivity index (χ4v) is 3.90. The molecule has 1 aromatic heterocycles. The molecule has 1 fully saturated rings. The largest absolute Gasteiger partial charge is 0.368 e. The van der Waals surface area contributed by atoms with Crippen LogP contribution in [0.4, 0.5) is 5.69 Å². The van der Waals surface area contributed by atoms with Crippen molar-refractivity contribution in [1.82, 2.24) is 9.88 Å². The van der Waals surface area contributed by atoms with Crippen molar-refractivity contribution in [3.63, 3.8) is 0 Å². The van der Waals surface area contributed by atoms with Crippen LogP contribution in [-0.4, -0.2) is 42.0 Å². The van der Waals surface area contributed by atoms with Crippen molar-refractivity contribution in [1.29, 1.82) is 0 Å². The highest BCUT2D eigenvalue weighted by Crippen LogP contribution is 2.26. The Morgan fingerprint density at radius 1 is 1.00 bits per heavy atom. The van der Waals surface area contributed by atoms with Gasteiger partial charge in [0.15, 0.2) is 0 Å². The topological polar surface area (TPSA) is 36.4 Å². The molecule has 0 radical (unpaired) electrons. The van der Waals surface area contributed by atoms with E-state index in [2.05, 4.69) is 16.8 Å². The van der Waals surface area contributed by atoms with Gasteiger partial charge < -0.3 is 9.80 Å². The first-order chi connectivity index (χ1) is 13.0. The van der Waals surface area contributed by atoms with Crippen LogP contribution in [0.25, 0.3) is 10.9 Å². The molecular weight excluding hydrogens is 358 g/mol. The number of pyridine rings is 1. The molecule has 0 spiro atoms. The Morgan fingerprint density at radius 3 is 2.52 bits per heavy atom. The Morgan fingerprint density at radius 2 is 1.74 bits per heavy atom. The van der Waals surface area contributed by atoms with E-state index in [1.54, 1.807) is 0 Å². The Balaban J connectivity index is 1.55. The highest BCUT2D eigenvalue weighted by atomic mass is 35.5. The van der Waals surface area contributed by atoms with Crippen LogP contribution in [0.3, 0.4) is 0 Å². The number of carbonyl (C=O) groups excluding carboxylic acids is 1. The number of benzene rings is 2. The summed E-state index contributed by atoms with van der Waals surface area (Å²) < 4.78 is 0. The van der Waals surface area contributed by atoms with Gasteiger partial charge in [-0.3, -0.25) is 9.78 Å². The summed E-state index contributed by atoms with van der Waals surface area (Å²) in [6.07, 6.45) is 0. The van der Waals surface area contributed by atoms with E-state index in [0.29, 0.717) is 13.1 Å². The van der Waals surface area contributed by atoms with E-state index in [4.69, 9.17) is 11.6 Å². The zero-order valence-electron chi connectivity index (χ0n) is 15.6. The number of amides is 1. The van der Waals surface area contributed by atoms with E-state index in [-0.39, 0.29) is 5.91 Å². The fourth-order valence-electron chi connectivity index (χ4n) is 3.73. The second-order valence-corrected chi connectivity index (χ2v) is 7.47. The van der Waals surface area contributed by atoms with E-state index in [0.717, 1.165) is 46.0 Å². The summed E-state index contributed by atoms with van der Waals surface area (Å²) in [5.74, 6) is 0.0826. The summed E-state index contributed by atoms with van der Waals surface area (Å²) in [5.41, 5.74) is 4.83. The molecule has 0 aliphatic carbocycles. The zero-order chi connectivity index (χ0) is 19.0. The normalized spacial score (nSPS) is 14.6. The van der Waals surface area contributed by atoms with Gasteiger partial charge in [-0.05, 0) is 43.7 Å². The van der Waals surface area contributed by atoms with Crippen LogP contribution < -0.4 is 4.90 Å². The average molecular weight is 380 g/mol. The Labute approximate surface area is 164 Å². The number of hydrogen-bond donors (Lipinski definition) is 0. The molecule has 0 saturated carbocycles. The van der Waals surface area contributed by atoms with Crippen LogP contribution in [0.5, 0.6) is 0 Å². The third-order valence-electron chi connectivity index (χ3n) is 5.15. The first-order valence-corrected chi connectivity index (χ1v) is 9.57. The van der Waals surface area contributed by atoms with Crippen molar-refractivity contribution >= 4 is 34.1 Å². The van der Waals surface area contributed by atoms with Gasteiger partial charge in [0.05, 0.1) is 11.1 Å². The smallest absolute Gasteiger partial charge is 0.254 e. The molecule has 1 aliphatic heterocycles. The summed E-state index contributed by atoms with van der Waals surface area (Å²) in [6, 6.07) is 15.7. The lowest BCUT2D eigenvalue weighted by Crippen LogP contribution is -2.49. The van der Waals surface area contributed by atoms with Gasteiger partial charge in [0.25, 0.3) is 5.91 Å². The number of aromatic nitrogens is 1. The van der Waals surface area contributed by atoms with Gasteiger partial charge in [0.2, 0.25) is 0 Å². The molecule has 1 saturated heterocycles. The minimum atomic E-state index is 0.0826. The third-order valence-corrected chi connectivity index (χ3v) is 5.39. The molecule has 138 valence electrons. The fraction of sp³-hybridized carbons (Fsp3) is 0.273. The molecule has 2 heterocycles. The van der Waals surface area contributed by atoms with Crippen molar-refractivity contribution in [2.45, 2.75) is 13.8 Å². The monoisotopic (exact) mass is 379 g/mol. The average Bonchev–Trinajstić information content (AvgIpc) is 2.69. The van der Waals surface area contributed by atoms with Gasteiger partial charge in [-0.2, -0.15) is 0 Å². The lowest BCUT2D eigenvalue weighted by atomic mass is 10.1. The van der Waals surface area contributed by atoms with Crippen molar-refractivity contribution in [3.8, 4) is 0 Å². The van der Waals surface area contributed by atoms with Crippen molar-refractivity contribution < 1.29 is 4.79 Å². The second-order valence-electron chi connectivity index (χ2n) is 7.04. The second kappa shape index (κ2) is 7.20. The molecule has 27 heavy (non-hydrogen) atoms. The van der Waals surface area contributed by atoms with E-state index in [1.807, 2.05) is 60.4 Å². The minimum absolute atomic E-state index is 0.0826. The lowest BCUT2D eigenvalue weighted by Gasteiger charge is -2.37. The maximum atomic E-state index is 13.2. The molecule has 4 nitrogen and oxygen atoms in total. The SMILES string of the molecule is Cc1cc(C(=O)N2CCN(c3cc(Cl)ccc3C)CC2)c2ccccc2n1. The van der Waals surface area contributed by atoms with Crippen LogP contribution in [0.1, 0.15) is 21.6 Å². The number of carbonyl (C=O) groups is 1. The van der Waals surface area contributed by atoms with Gasteiger partial charge in [0.1, 0.15) is 0 Å². The minimum Gasteiger partial charge on any atom is -0.368 e. The molecule has 3 aromatic rings. The van der Waals surface area contributed by atoms with Crippen LogP contribution in [0, 0.1) is 13.8 Å². The molecule has 2 aromatic carbocycles. The van der Waals surface area contributed by atoms with Crippen LogP contribution in [0.15, 0.2) is 48.5 Å². The number of aryl methyl sites for hydroxylation is 2. The molecule has 0 unspecified atom stereocenters. The Kier molecular flexibility index (Phi) is 4.75. The highest BCUT2D eigenvalue weighted by molar-refractivity contribution is 6.30. The zero-order valence-corrected chi connectivity index (χ0v) is 16.3. The Bertz CT molecular complexity index is 1010. The quantitative estimate of drug-likeness (QED) is 0.659. The van der Waals surface area contributed by atoms with Gasteiger partial charge in [-0.25, -0.2) is 0 Å². The number of para-hydroxylation sites is 1. The summed E-state index contributed by atoms with van der Waals surface area (Å²) in [7, 11) is 0. The number of nitrogens with zero attached hydrogens (tertiary/aromatic N) is 3. The number of fused-ring (bicyclic) bond motifs is 1. The lowest BCUT2D eigenvalue weighted by molar-refractivity contribution is 0.0748. The maximum Gasteiger partial charge on any atom is 0.254 e. The molecule has 0 atom stereocenters. The van der Waals surface area contributed by atoms with E-state index < -0.39 is 0 Å². The van der Waals surface area contributed by atoms with Crippen LogP contribution >= 0.6 is 11.6 Å². The number of anilines is 1. The molecule has 1 aliphatic rings. The standard InChI is InChI=1S/C22H22ClN3O/c1-15-7-8-17(23)14-21(15)25-9-11-26(12-10-25)22(27)19-13-16(2)24-20-6-4-3-5-18(19)20/h3-8,13-14H,9-12H2,1-2H3. The maximum absolute atomic E-state index is 13.2. The molecule has 0 N–H and O–H groups in total. The van der Waals surface area contributed by atoms with Crippen molar-refractivity contribution in [3.05, 3.63) is 70.4 Å². The van der Waals surface area contributed by atoms with Gasteiger partial charge in [0, 0.05) is 48.0 Å². The van der Waals surface area contributed by atoms with Crippen LogP contribution in [-0.2, 0) is 0 Å². The number of piperazine rings is 1. The number of rotatable bonds is 2. The van der Waals surface area contributed by atoms with Crippen LogP contribution in [0.2, 0.25) is 5.02 Å². The third kappa shape index (κ3) is 3.50. The first kappa shape index (κ1) is 17.8. The Hall–Kier alpha value is -2.59. The van der Waals surface area contributed by atoms with Gasteiger partial charge in [-0.1, -0.05) is 35.9 Å². The van der Waals surface area contributed by atoms with Gasteiger partial charge in [-0.15, -0.1) is 0 Å². The predicted octanol–water partition coefficient (Wildman–Crippen LogP) is 4.47. The summed E-state index contributed by atoms with van der Waals surface area (Å²) in [4.78, 5) is 22.0. The predicted molar refractivity (Wildman–Crippen MR) is 111 cm³/mol. The first-order valence-electron chi connectivity index (χ1n) is 9.20. The summed E-state index contributed by atoms with van der Waals surface area (Å²) in [6.45, 7) is 7.02. The van der Waals surface area contributed by atoms with E-state index >= 15 is 0 Å². The number of halogens is 1. The molecule has 4 rings (SSSR count). The van der Waals surface area contributed by atoms with E-state index in [9.17, 15) is 4.79 Å². The van der Waals surface area contributed by atoms with E-state index in [1.165, 1.54) is 5.56 Å². The van der Waals surface area contributed by atoms with Crippen molar-refractivity contribution in [2.75, 3.05) is 31.1 Å². The molecule has 1 amide bonds. The van der Waals surface area contributed by atoms with Crippen molar-refractivity contribution in [2.24, 2.45) is 0 Å². The molecule has 5 heteroatoms. The number of hydrogen-bond acceptors (Lipinski definition) is 3. The molecular formula is C22H22ClN3O. The summed E-state index contributed by atoms with van der Waals surface area (Å²) >= 11 is 6.17.